The Hall–Kier alpha value is -2.44. The fourth-order valence-electron chi connectivity index (χ4n) is 9.49. The van der Waals surface area contributed by atoms with Gasteiger partial charge in [0.05, 0.1) is 18.6 Å². The van der Waals surface area contributed by atoms with Crippen molar-refractivity contribution in [2.24, 2.45) is 23.2 Å². The number of rotatable bonds is 10. The normalized spacial score (nSPS) is 36.0. The molecule has 11 nitrogen and oxygen atoms in total. The van der Waals surface area contributed by atoms with E-state index in [9.17, 15) is 9.59 Å². The van der Waals surface area contributed by atoms with Gasteiger partial charge in [-0.2, -0.15) is 9.78 Å². The van der Waals surface area contributed by atoms with Crippen molar-refractivity contribution >= 4 is 12.0 Å². The third kappa shape index (κ3) is 7.22. The average Bonchev–Trinajstić information content (AvgIpc) is 3.43. The van der Waals surface area contributed by atoms with Crippen LogP contribution in [0.4, 0.5) is 4.79 Å². The van der Waals surface area contributed by atoms with Gasteiger partial charge in [0.2, 0.25) is 17.5 Å². The maximum atomic E-state index is 13.6. The van der Waals surface area contributed by atoms with Gasteiger partial charge in [0.15, 0.2) is 0 Å². The van der Waals surface area contributed by atoms with Gasteiger partial charge in [0.25, 0.3) is 0 Å². The molecule has 2 amide bonds. The zero-order chi connectivity index (χ0) is 33.4. The fourth-order valence-corrected chi connectivity index (χ4v) is 9.49. The van der Waals surface area contributed by atoms with E-state index in [1.54, 1.807) is 0 Å². The van der Waals surface area contributed by atoms with E-state index in [2.05, 4.69) is 39.8 Å². The summed E-state index contributed by atoms with van der Waals surface area (Å²) in [5, 5.41) is 5.96. The van der Waals surface area contributed by atoms with E-state index in [0.717, 1.165) is 96.4 Å². The van der Waals surface area contributed by atoms with Gasteiger partial charge in [0.1, 0.15) is 18.0 Å². The summed E-state index contributed by atoms with van der Waals surface area (Å²) in [5.41, 5.74) is 0.429. The second-order valence-corrected chi connectivity index (χ2v) is 16.2. The highest BCUT2D eigenvalue weighted by Crippen LogP contribution is 2.68. The summed E-state index contributed by atoms with van der Waals surface area (Å²) >= 11 is 0. The lowest BCUT2D eigenvalue weighted by Crippen LogP contribution is -2.65. The van der Waals surface area contributed by atoms with E-state index >= 15 is 0 Å². The lowest BCUT2D eigenvalue weighted by atomic mass is 9.47. The molecule has 11 heteroatoms. The summed E-state index contributed by atoms with van der Waals surface area (Å²) in [6, 6.07) is 8.62. The summed E-state index contributed by atoms with van der Waals surface area (Å²) in [6.07, 6.45) is 8.28. The number of hydrogen-bond donors (Lipinski definition) is 2. The third-order valence-electron chi connectivity index (χ3n) is 11.7. The standard InChI is InChI=1S/C37H55N3O8/c1-34(2,3)45-33(42)39-14-4-13-38-32(41)35-23-26-21-29(24-35)37(30(22-26)25-35)46-36(47-48-37)11-9-28(10-12-36)27-5-7-31(8-6-27)44-20-17-40-15-18-43-19-16-40/h5-8,26,28-30H,4,9-25H2,1-3H3,(H,38,41)(H,39,42). The Kier molecular flexibility index (Phi) is 9.71. The number of amides is 2. The molecule has 2 N–H and O–H groups in total. The van der Waals surface area contributed by atoms with Crippen LogP contribution in [0.25, 0.3) is 0 Å². The van der Waals surface area contributed by atoms with Crippen LogP contribution in [0.3, 0.4) is 0 Å². The summed E-state index contributed by atoms with van der Waals surface area (Å²) in [5.74, 6) is 0.866. The number of nitrogens with one attached hydrogen (secondary N) is 2. The van der Waals surface area contributed by atoms with E-state index in [1.807, 2.05) is 20.8 Å². The molecule has 266 valence electrons. The highest BCUT2D eigenvalue weighted by molar-refractivity contribution is 5.83. The van der Waals surface area contributed by atoms with Crippen LogP contribution in [-0.2, 0) is 28.8 Å². The van der Waals surface area contributed by atoms with Crippen molar-refractivity contribution in [1.82, 2.24) is 15.5 Å². The molecular formula is C37H55N3O8. The molecule has 2 heterocycles. The van der Waals surface area contributed by atoms with Crippen LogP contribution in [0.15, 0.2) is 24.3 Å². The molecular weight excluding hydrogens is 614 g/mol. The topological polar surface area (TPSA) is 117 Å². The van der Waals surface area contributed by atoms with Crippen LogP contribution in [0.5, 0.6) is 5.75 Å². The molecule has 7 fully saturated rings. The lowest BCUT2D eigenvalue weighted by Gasteiger charge is -2.61. The van der Waals surface area contributed by atoms with Crippen molar-refractivity contribution in [3.8, 4) is 5.75 Å². The number of carbonyl (C=O) groups excluding carboxylic acids is 2. The molecule has 0 aromatic heterocycles. The van der Waals surface area contributed by atoms with Crippen LogP contribution >= 0.6 is 0 Å². The van der Waals surface area contributed by atoms with Gasteiger partial charge >= 0.3 is 6.09 Å². The summed E-state index contributed by atoms with van der Waals surface area (Å²) in [7, 11) is 0. The van der Waals surface area contributed by atoms with Crippen LogP contribution in [-0.4, -0.2) is 86.6 Å². The summed E-state index contributed by atoms with van der Waals surface area (Å²) in [4.78, 5) is 40.4. The third-order valence-corrected chi connectivity index (χ3v) is 11.7. The van der Waals surface area contributed by atoms with Crippen molar-refractivity contribution in [2.45, 2.75) is 108 Å². The quantitative estimate of drug-likeness (QED) is 0.254. The van der Waals surface area contributed by atoms with Crippen molar-refractivity contribution in [3.05, 3.63) is 29.8 Å². The Bertz CT molecular complexity index is 1270. The fraction of sp³-hybridized carbons (Fsp3) is 0.784. The van der Waals surface area contributed by atoms with E-state index in [0.29, 0.717) is 38.0 Å². The van der Waals surface area contributed by atoms with Gasteiger partial charge in [0, 0.05) is 57.4 Å². The molecule has 5 aliphatic carbocycles. The maximum absolute atomic E-state index is 13.6. The Morgan fingerprint density at radius 3 is 2.31 bits per heavy atom. The number of hydrogen-bond acceptors (Lipinski definition) is 9. The van der Waals surface area contributed by atoms with Crippen LogP contribution < -0.4 is 15.4 Å². The average molecular weight is 670 g/mol. The molecule has 5 saturated carbocycles. The molecule has 1 aromatic rings. The summed E-state index contributed by atoms with van der Waals surface area (Å²) in [6.45, 7) is 11.7. The zero-order valence-corrected chi connectivity index (χ0v) is 29.1. The van der Waals surface area contributed by atoms with E-state index < -0.39 is 23.3 Å². The minimum absolute atomic E-state index is 0.136. The molecule has 2 aliphatic heterocycles. The predicted octanol–water partition coefficient (Wildman–Crippen LogP) is 5.28. The van der Waals surface area contributed by atoms with Gasteiger partial charge in [-0.15, -0.1) is 0 Å². The Morgan fingerprint density at radius 2 is 1.62 bits per heavy atom. The Morgan fingerprint density at radius 1 is 0.938 bits per heavy atom. The first kappa shape index (κ1) is 34.0. The highest BCUT2D eigenvalue weighted by Gasteiger charge is 2.71. The molecule has 8 rings (SSSR count). The van der Waals surface area contributed by atoms with Gasteiger partial charge in [-0.3, -0.25) is 9.69 Å². The smallest absolute Gasteiger partial charge is 0.407 e. The maximum Gasteiger partial charge on any atom is 0.407 e. The number of carbonyl (C=O) groups is 2. The SMILES string of the molecule is CC(C)(C)OC(=O)NCCCNC(=O)C12CC3CC(C1)C1(OOC4(CCC(c5ccc(OCCN6CCOCC6)cc5)CC4)O1)C(C3)C2. The Labute approximate surface area is 285 Å². The lowest BCUT2D eigenvalue weighted by molar-refractivity contribution is -0.393. The van der Waals surface area contributed by atoms with Gasteiger partial charge in [-0.25, -0.2) is 4.79 Å². The zero-order valence-electron chi connectivity index (χ0n) is 29.1. The number of alkyl carbamates (subject to hydrolysis) is 1. The molecule has 48 heavy (non-hydrogen) atoms. The highest BCUT2D eigenvalue weighted by atomic mass is 17.3. The largest absolute Gasteiger partial charge is 0.492 e. The first-order valence-electron chi connectivity index (χ1n) is 18.4. The molecule has 2 spiro atoms. The van der Waals surface area contributed by atoms with Crippen LogP contribution in [0.1, 0.15) is 96.5 Å². The van der Waals surface area contributed by atoms with Crippen molar-refractivity contribution in [3.63, 3.8) is 0 Å². The van der Waals surface area contributed by atoms with Gasteiger partial charge < -0.3 is 29.6 Å². The number of ether oxygens (including phenoxy) is 4. The van der Waals surface area contributed by atoms with Crippen molar-refractivity contribution in [2.75, 3.05) is 52.5 Å². The molecule has 2 saturated heterocycles. The molecule has 2 unspecified atom stereocenters. The minimum Gasteiger partial charge on any atom is -0.492 e. The second kappa shape index (κ2) is 13.7. The van der Waals surface area contributed by atoms with Gasteiger partial charge in [-0.05, 0) is 102 Å². The van der Waals surface area contributed by atoms with E-state index in [-0.39, 0.29) is 23.2 Å². The molecule has 0 radical (unpaired) electrons. The van der Waals surface area contributed by atoms with E-state index in [4.69, 9.17) is 28.7 Å². The first-order valence-corrected chi connectivity index (χ1v) is 18.4. The van der Waals surface area contributed by atoms with Crippen LogP contribution in [0, 0.1) is 23.2 Å². The first-order chi connectivity index (χ1) is 23.1. The van der Waals surface area contributed by atoms with Crippen molar-refractivity contribution < 1.29 is 38.3 Å². The number of morpholine rings is 1. The van der Waals surface area contributed by atoms with Gasteiger partial charge in [-0.1, -0.05) is 12.1 Å². The monoisotopic (exact) mass is 669 g/mol. The van der Waals surface area contributed by atoms with E-state index in [1.165, 1.54) is 5.56 Å². The number of benzene rings is 1. The van der Waals surface area contributed by atoms with Crippen LogP contribution in [0.2, 0.25) is 0 Å². The van der Waals surface area contributed by atoms with Crippen molar-refractivity contribution in [1.29, 1.82) is 0 Å². The number of nitrogens with zero attached hydrogens (tertiary/aromatic N) is 1. The second-order valence-electron chi connectivity index (χ2n) is 16.2. The Balaban J connectivity index is 0.877. The molecule has 7 aliphatic rings. The molecule has 2 atom stereocenters. The predicted molar refractivity (Wildman–Crippen MR) is 177 cm³/mol. The molecule has 1 aromatic carbocycles. The summed E-state index contributed by atoms with van der Waals surface area (Å²) < 4.78 is 23.7. The molecule has 4 bridgehead atoms. The minimum atomic E-state index is -0.745.